The summed E-state index contributed by atoms with van der Waals surface area (Å²) in [6, 6.07) is 4.79. The van der Waals surface area contributed by atoms with Crippen LogP contribution in [0.2, 0.25) is 0 Å². The molecule has 3 rings (SSSR count). The van der Waals surface area contributed by atoms with Crippen molar-refractivity contribution in [2.45, 2.75) is 20.9 Å². The zero-order valence-corrected chi connectivity index (χ0v) is 14.1. The number of halogens is 2. The number of phenolic OH excluding ortho intramolecular Hbond substituents is 1. The zero-order valence-electron chi connectivity index (χ0n) is 9.75. The fourth-order valence-electron chi connectivity index (χ4n) is 1.61. The summed E-state index contributed by atoms with van der Waals surface area (Å²) in [6.07, 6.45) is 0. The van der Waals surface area contributed by atoms with Gasteiger partial charge in [-0.2, -0.15) is 0 Å². The summed E-state index contributed by atoms with van der Waals surface area (Å²) < 4.78 is 11.4. The van der Waals surface area contributed by atoms with Gasteiger partial charge in [0.15, 0.2) is 0 Å². The predicted molar refractivity (Wildman–Crippen MR) is 83.9 cm³/mol. The average Bonchev–Trinajstić information content (AvgIpc) is 3.11. The Bertz CT molecular complexity index is 541. The van der Waals surface area contributed by atoms with E-state index in [1.807, 2.05) is 6.92 Å². The van der Waals surface area contributed by atoms with Gasteiger partial charge < -0.3 is 0 Å². The van der Waals surface area contributed by atoms with Gasteiger partial charge in [-0.15, -0.1) is 0 Å². The molecule has 0 aromatic heterocycles. The molecular formula is C11H12I2N2O3. The zero-order chi connectivity index (χ0) is 13.1. The Kier molecular flexibility index (Phi) is 2.81. The van der Waals surface area contributed by atoms with E-state index in [4.69, 9.17) is 4.74 Å². The van der Waals surface area contributed by atoms with Gasteiger partial charge in [0, 0.05) is 0 Å². The van der Waals surface area contributed by atoms with Crippen LogP contribution >= 0.6 is 43.0 Å². The van der Waals surface area contributed by atoms with E-state index in [2.05, 4.69) is 29.7 Å². The maximum absolute atomic E-state index is 12.2. The van der Waals surface area contributed by atoms with Crippen molar-refractivity contribution < 1.29 is 14.6 Å². The Labute approximate surface area is 126 Å². The molecule has 3 N–H and O–H groups in total. The number of ether oxygens (including phenoxy) is 1. The molecule has 5 nitrogen and oxygen atoms in total. The third-order valence-electron chi connectivity index (χ3n) is 3.07. The van der Waals surface area contributed by atoms with Crippen molar-refractivity contribution in [1.82, 2.24) is 7.06 Å². The number of hydrogen-bond donors (Lipinski definition) is 3. The van der Waals surface area contributed by atoms with Crippen molar-refractivity contribution in [2.75, 3.05) is 0 Å². The summed E-state index contributed by atoms with van der Waals surface area (Å²) in [5.41, 5.74) is 0.691. The van der Waals surface area contributed by atoms with Crippen molar-refractivity contribution in [3.63, 3.8) is 0 Å². The van der Waals surface area contributed by atoms with Crippen LogP contribution in [0.15, 0.2) is 18.2 Å². The van der Waals surface area contributed by atoms with E-state index in [0.29, 0.717) is 11.3 Å². The number of rotatable bonds is 3. The van der Waals surface area contributed by atoms with E-state index in [0.717, 1.165) is 0 Å². The third kappa shape index (κ3) is 1.82. The molecule has 1 atom stereocenters. The first-order valence-electron chi connectivity index (χ1n) is 5.33. The fourth-order valence-corrected chi connectivity index (χ4v) is 9.36. The number of hydrogen-bond acceptors (Lipinski definition) is 5. The summed E-state index contributed by atoms with van der Waals surface area (Å²) in [5.74, 6) is 0.411. The van der Waals surface area contributed by atoms with Gasteiger partial charge in [-0.05, 0) is 0 Å². The van der Waals surface area contributed by atoms with Gasteiger partial charge in [0.2, 0.25) is 0 Å². The number of nitrogens with one attached hydrogen (secondary N) is 2. The molecule has 0 amide bonds. The predicted octanol–water partition coefficient (Wildman–Crippen LogP) is 2.00. The molecule has 0 saturated carbocycles. The van der Waals surface area contributed by atoms with Crippen LogP contribution in [0.4, 0.5) is 0 Å². The quantitative estimate of drug-likeness (QED) is 0.119. The summed E-state index contributed by atoms with van der Waals surface area (Å²) in [4.78, 5) is 12.2. The average molecular weight is 474 g/mol. The SMILES string of the molecule is Cc1cc(OC(=O)C(C)(I)C23NI2N3)ccc1O. The first-order chi connectivity index (χ1) is 8.37. The second kappa shape index (κ2) is 3.93. The van der Waals surface area contributed by atoms with Crippen molar-refractivity contribution in [3.05, 3.63) is 23.8 Å². The third-order valence-corrected chi connectivity index (χ3v) is 10.2. The molecule has 2 fully saturated rings. The molecule has 2 aliphatic heterocycles. The molecule has 2 aliphatic rings. The molecule has 0 bridgehead atoms. The number of aryl methyl sites for hydroxylation is 1. The van der Waals surface area contributed by atoms with Crippen molar-refractivity contribution in [3.8, 4) is 11.5 Å². The molecule has 2 saturated heterocycles. The van der Waals surface area contributed by atoms with Crippen molar-refractivity contribution in [1.29, 1.82) is 0 Å². The number of carbonyl (C=O) groups is 1. The molecule has 1 aromatic carbocycles. The van der Waals surface area contributed by atoms with E-state index in [-0.39, 0.29) is 15.4 Å². The van der Waals surface area contributed by atoms with E-state index in [1.165, 1.54) is 6.07 Å². The van der Waals surface area contributed by atoms with Crippen molar-refractivity contribution >= 4 is 48.9 Å². The molecule has 7 heteroatoms. The summed E-state index contributed by atoms with van der Waals surface area (Å²) >= 11 is 0.971. The van der Waals surface area contributed by atoms with Gasteiger partial charge >= 0.3 is 127 Å². The van der Waals surface area contributed by atoms with Gasteiger partial charge in [-0.25, -0.2) is 0 Å². The second-order valence-electron chi connectivity index (χ2n) is 4.47. The molecule has 0 spiro atoms. The second-order valence-corrected chi connectivity index (χ2v) is 10.9. The molecule has 1 unspecified atom stereocenters. The molecule has 0 aliphatic carbocycles. The summed E-state index contributed by atoms with van der Waals surface area (Å²) in [6.45, 7) is 3.65. The number of aromatic hydroxyl groups is 1. The van der Waals surface area contributed by atoms with Gasteiger partial charge in [-0.3, -0.25) is 0 Å². The molecule has 1 aromatic rings. The normalized spacial score (nSPS) is 23.8. The van der Waals surface area contributed by atoms with Gasteiger partial charge in [0.25, 0.3) is 0 Å². The summed E-state index contributed by atoms with van der Waals surface area (Å²) in [7, 11) is 0. The minimum absolute atomic E-state index is 0.124. The van der Waals surface area contributed by atoms with Gasteiger partial charge in [0.1, 0.15) is 0 Å². The van der Waals surface area contributed by atoms with Gasteiger partial charge in [0.05, 0.1) is 0 Å². The van der Waals surface area contributed by atoms with Crippen LogP contribution < -0.4 is 11.8 Å². The molecule has 98 valence electrons. The summed E-state index contributed by atoms with van der Waals surface area (Å²) in [5, 5.41) is 9.43. The standard InChI is InChI=1S/C11H12I2N2O3/c1-6-5-7(3-4-8(6)16)18-9(17)10(2,12)11-13(14-11)15-11/h3-5,14-16H,1-2H3. The Balaban J connectivity index is 1.76. The number of phenols is 1. The number of esters is 1. The van der Waals surface area contributed by atoms with E-state index in [1.54, 1.807) is 19.1 Å². The Morgan fingerprint density at radius 1 is 1.56 bits per heavy atom. The van der Waals surface area contributed by atoms with Crippen LogP contribution in [-0.4, -0.2) is 18.2 Å². The van der Waals surface area contributed by atoms with Crippen LogP contribution in [0.3, 0.4) is 0 Å². The van der Waals surface area contributed by atoms with Crippen LogP contribution in [0.25, 0.3) is 0 Å². The first kappa shape index (κ1) is 12.9. The molecule has 2 heterocycles. The number of benzene rings is 1. The molecular weight excluding hydrogens is 462 g/mol. The van der Waals surface area contributed by atoms with E-state index >= 15 is 0 Å². The topological polar surface area (TPSA) is 90.4 Å². The Hall–Kier alpha value is -0.130. The minimum atomic E-state index is -1.17. The van der Waals surface area contributed by atoms with Crippen LogP contribution in [0.1, 0.15) is 12.5 Å². The molecule has 0 radical (unpaired) electrons. The van der Waals surface area contributed by atoms with Crippen LogP contribution in [-0.2, 0) is 4.79 Å². The van der Waals surface area contributed by atoms with Crippen LogP contribution in [0, 0.1) is 6.92 Å². The van der Waals surface area contributed by atoms with Gasteiger partial charge in [-0.1, -0.05) is 0 Å². The van der Waals surface area contributed by atoms with E-state index in [9.17, 15) is 9.90 Å². The number of fused-ring (bicyclic) bond motifs is 1. The number of carbonyl (C=O) groups excluding carboxylic acids is 1. The Morgan fingerprint density at radius 3 is 2.67 bits per heavy atom. The monoisotopic (exact) mass is 474 g/mol. The Morgan fingerprint density at radius 2 is 2.17 bits per heavy atom. The van der Waals surface area contributed by atoms with Crippen molar-refractivity contribution in [2.24, 2.45) is 0 Å². The number of alkyl halides is 2. The van der Waals surface area contributed by atoms with Crippen LogP contribution in [0.5, 0.6) is 11.5 Å². The first-order valence-corrected chi connectivity index (χ1v) is 9.64. The fraction of sp³-hybridized carbons (Fsp3) is 0.364. The maximum atomic E-state index is 12.2. The van der Waals surface area contributed by atoms with E-state index < -0.39 is 23.8 Å². The molecule has 18 heavy (non-hydrogen) atoms.